The van der Waals surface area contributed by atoms with Crippen LogP contribution in [0.2, 0.25) is 0 Å². The van der Waals surface area contributed by atoms with E-state index in [1.807, 2.05) is 0 Å². The third kappa shape index (κ3) is 5.42. The highest BCUT2D eigenvalue weighted by atomic mass is 19.3. The number of carbonyl (C=O) groups excluding carboxylic acids is 4. The van der Waals surface area contributed by atoms with Gasteiger partial charge < -0.3 is 0 Å². The highest BCUT2D eigenvalue weighted by Gasteiger charge is 2.51. The summed E-state index contributed by atoms with van der Waals surface area (Å²) < 4.78 is 82.9. The molecule has 154 valence electrons. The minimum Gasteiger partial charge on any atom is -0.275 e. The smallest absolute Gasteiger partial charge is 0.271 e. The Morgan fingerprint density at radius 3 is 1.46 bits per heavy atom. The fourth-order valence-electron chi connectivity index (χ4n) is 2.71. The van der Waals surface area contributed by atoms with Crippen molar-refractivity contribution in [3.05, 3.63) is 24.3 Å². The predicted octanol–water partition coefficient (Wildman–Crippen LogP) is 1.91. The highest BCUT2D eigenvalue weighted by Crippen LogP contribution is 2.40. The second kappa shape index (κ2) is 7.40. The lowest BCUT2D eigenvalue weighted by molar-refractivity contribution is -0.170. The standard InChI is InChI=1S/C16H14F6N2O4/c17-14(18,5-6-23-10(25)1-2-11(23)26)7-15(19,20)8-16(21,22)9-24-12(27)3-4-13(24)28/h1-4H,5-9H2. The summed E-state index contributed by atoms with van der Waals surface area (Å²) in [6.07, 6.45) is -2.88. The molecule has 0 atom stereocenters. The quantitative estimate of drug-likeness (QED) is 0.429. The molecule has 0 aromatic rings. The van der Waals surface area contributed by atoms with Crippen molar-refractivity contribution in [2.75, 3.05) is 13.1 Å². The van der Waals surface area contributed by atoms with Crippen molar-refractivity contribution in [2.45, 2.75) is 37.0 Å². The number of nitrogens with zero attached hydrogens (tertiary/aromatic N) is 2. The molecule has 2 aliphatic rings. The van der Waals surface area contributed by atoms with Crippen LogP contribution in [0, 0.1) is 0 Å². The average Bonchev–Trinajstić information content (AvgIpc) is 2.99. The maximum absolute atomic E-state index is 13.8. The van der Waals surface area contributed by atoms with Crippen molar-refractivity contribution in [3.63, 3.8) is 0 Å². The second-order valence-corrected chi connectivity index (χ2v) is 6.43. The van der Waals surface area contributed by atoms with Gasteiger partial charge in [-0.3, -0.25) is 29.0 Å². The summed E-state index contributed by atoms with van der Waals surface area (Å²) in [5, 5.41) is 0. The zero-order valence-corrected chi connectivity index (χ0v) is 14.1. The molecule has 0 fully saturated rings. The van der Waals surface area contributed by atoms with Crippen LogP contribution in [0.15, 0.2) is 24.3 Å². The molecule has 4 amide bonds. The number of hydrogen-bond donors (Lipinski definition) is 0. The number of amides is 4. The molecule has 0 saturated carbocycles. The summed E-state index contributed by atoms with van der Waals surface area (Å²) in [6, 6.07) is 0. The largest absolute Gasteiger partial charge is 0.275 e. The highest BCUT2D eigenvalue weighted by molar-refractivity contribution is 6.13. The average molecular weight is 412 g/mol. The summed E-state index contributed by atoms with van der Waals surface area (Å²) in [5.41, 5.74) is 0. The van der Waals surface area contributed by atoms with Gasteiger partial charge in [0.25, 0.3) is 41.4 Å². The minimum atomic E-state index is -4.54. The maximum Gasteiger partial charge on any atom is 0.271 e. The summed E-state index contributed by atoms with van der Waals surface area (Å²) in [5.74, 6) is -17.0. The van der Waals surface area contributed by atoms with Crippen LogP contribution in [-0.2, 0) is 19.2 Å². The fraction of sp³-hybridized carbons (Fsp3) is 0.500. The van der Waals surface area contributed by atoms with Gasteiger partial charge in [0.1, 0.15) is 0 Å². The van der Waals surface area contributed by atoms with Gasteiger partial charge in [0.15, 0.2) is 0 Å². The Balaban J connectivity index is 1.93. The van der Waals surface area contributed by atoms with E-state index in [2.05, 4.69) is 0 Å². The Morgan fingerprint density at radius 1 is 0.607 bits per heavy atom. The Hall–Kier alpha value is -2.66. The Labute approximate surface area is 154 Å². The van der Waals surface area contributed by atoms with Crippen molar-refractivity contribution < 1.29 is 45.5 Å². The van der Waals surface area contributed by atoms with Crippen LogP contribution in [0.3, 0.4) is 0 Å². The maximum atomic E-state index is 13.8. The van der Waals surface area contributed by atoms with E-state index < -0.39 is 73.7 Å². The lowest BCUT2D eigenvalue weighted by atomic mass is 10.0. The molecule has 6 nitrogen and oxygen atoms in total. The lowest BCUT2D eigenvalue weighted by Gasteiger charge is -2.29. The molecular formula is C16H14F6N2O4. The SMILES string of the molecule is O=C1C=CC(=O)N1CCC(F)(F)CC(F)(F)CC(F)(F)CN1C(=O)C=CC1=O. The van der Waals surface area contributed by atoms with Gasteiger partial charge >= 0.3 is 0 Å². The van der Waals surface area contributed by atoms with Gasteiger partial charge in [-0.1, -0.05) is 0 Å². The van der Waals surface area contributed by atoms with E-state index in [1.165, 1.54) is 0 Å². The first kappa shape index (κ1) is 21.6. The molecule has 0 aromatic heterocycles. The molecule has 0 N–H and O–H groups in total. The van der Waals surface area contributed by atoms with E-state index in [-0.39, 0.29) is 4.90 Å². The van der Waals surface area contributed by atoms with Crippen LogP contribution in [0.25, 0.3) is 0 Å². The van der Waals surface area contributed by atoms with Crippen LogP contribution in [-0.4, -0.2) is 64.3 Å². The number of hydrogen-bond acceptors (Lipinski definition) is 4. The van der Waals surface area contributed by atoms with E-state index in [0.29, 0.717) is 17.1 Å². The fourth-order valence-corrected chi connectivity index (χ4v) is 2.71. The van der Waals surface area contributed by atoms with Gasteiger partial charge in [-0.25, -0.2) is 26.3 Å². The van der Waals surface area contributed by atoms with Crippen LogP contribution < -0.4 is 0 Å². The zero-order chi connectivity index (χ0) is 21.3. The molecule has 0 unspecified atom stereocenters. The van der Waals surface area contributed by atoms with Crippen LogP contribution in [0.4, 0.5) is 26.3 Å². The topological polar surface area (TPSA) is 74.8 Å². The van der Waals surface area contributed by atoms with E-state index in [0.717, 1.165) is 12.2 Å². The Bertz CT molecular complexity index is 726. The summed E-state index contributed by atoms with van der Waals surface area (Å²) in [6.45, 7) is -2.52. The van der Waals surface area contributed by atoms with E-state index in [4.69, 9.17) is 0 Å². The first-order valence-electron chi connectivity index (χ1n) is 7.92. The number of halogens is 6. The van der Waals surface area contributed by atoms with Gasteiger partial charge in [0, 0.05) is 37.3 Å². The molecule has 2 aliphatic heterocycles. The number of carbonyl (C=O) groups is 4. The summed E-state index contributed by atoms with van der Waals surface area (Å²) >= 11 is 0. The molecular weight excluding hydrogens is 398 g/mol. The van der Waals surface area contributed by atoms with E-state index in [9.17, 15) is 45.5 Å². The molecule has 0 aromatic carbocycles. The van der Waals surface area contributed by atoms with Crippen LogP contribution in [0.5, 0.6) is 0 Å². The molecule has 0 aliphatic carbocycles. The Morgan fingerprint density at radius 2 is 1.00 bits per heavy atom. The van der Waals surface area contributed by atoms with E-state index >= 15 is 0 Å². The van der Waals surface area contributed by atoms with Crippen LogP contribution >= 0.6 is 0 Å². The molecule has 0 bridgehead atoms. The van der Waals surface area contributed by atoms with E-state index in [1.54, 1.807) is 0 Å². The molecule has 12 heteroatoms. The third-order valence-corrected chi connectivity index (χ3v) is 3.93. The second-order valence-electron chi connectivity index (χ2n) is 6.43. The summed E-state index contributed by atoms with van der Waals surface area (Å²) in [4.78, 5) is 45.4. The van der Waals surface area contributed by atoms with Gasteiger partial charge in [-0.15, -0.1) is 0 Å². The number of rotatable bonds is 9. The number of alkyl halides is 6. The van der Waals surface area contributed by atoms with Crippen molar-refractivity contribution in [3.8, 4) is 0 Å². The third-order valence-electron chi connectivity index (χ3n) is 3.93. The van der Waals surface area contributed by atoms with Crippen molar-refractivity contribution in [2.24, 2.45) is 0 Å². The van der Waals surface area contributed by atoms with Crippen molar-refractivity contribution in [1.82, 2.24) is 9.80 Å². The zero-order valence-electron chi connectivity index (χ0n) is 14.1. The first-order valence-corrected chi connectivity index (χ1v) is 7.92. The van der Waals surface area contributed by atoms with Crippen molar-refractivity contribution in [1.29, 1.82) is 0 Å². The van der Waals surface area contributed by atoms with Gasteiger partial charge in [-0.05, 0) is 0 Å². The molecule has 0 spiro atoms. The monoisotopic (exact) mass is 412 g/mol. The van der Waals surface area contributed by atoms with Gasteiger partial charge in [0.05, 0.1) is 19.4 Å². The normalized spacial score (nSPS) is 18.2. The molecule has 2 heterocycles. The lowest BCUT2D eigenvalue weighted by Crippen LogP contribution is -2.45. The van der Waals surface area contributed by atoms with Gasteiger partial charge in [0.2, 0.25) is 0 Å². The predicted molar refractivity (Wildman–Crippen MR) is 80.4 cm³/mol. The minimum absolute atomic E-state index is 0.0336. The Kier molecular flexibility index (Phi) is 5.72. The van der Waals surface area contributed by atoms with Gasteiger partial charge in [-0.2, -0.15) is 0 Å². The molecule has 2 rings (SSSR count). The van der Waals surface area contributed by atoms with Crippen LogP contribution in [0.1, 0.15) is 19.3 Å². The molecule has 0 radical (unpaired) electrons. The molecule has 28 heavy (non-hydrogen) atoms. The first-order chi connectivity index (χ1) is 12.7. The molecule has 0 saturated heterocycles. The van der Waals surface area contributed by atoms with Crippen molar-refractivity contribution >= 4 is 23.6 Å². The summed E-state index contributed by atoms with van der Waals surface area (Å²) in [7, 11) is 0. The number of imide groups is 2.